The van der Waals surface area contributed by atoms with E-state index in [2.05, 4.69) is 10.3 Å². The van der Waals surface area contributed by atoms with Crippen molar-refractivity contribution in [1.82, 2.24) is 0 Å². The average molecular weight is 542 g/mol. The normalized spacial score (nSPS) is 14.2. The van der Waals surface area contributed by atoms with Crippen molar-refractivity contribution < 1.29 is 18.8 Å². The van der Waals surface area contributed by atoms with Crippen molar-refractivity contribution in [2.45, 2.75) is 6.92 Å². The Morgan fingerprint density at radius 2 is 1.78 bits per heavy atom. The maximum atomic E-state index is 14.6. The molecule has 0 spiro atoms. The van der Waals surface area contributed by atoms with E-state index in [1.54, 1.807) is 48.5 Å². The molecule has 0 bridgehead atoms. The summed E-state index contributed by atoms with van der Waals surface area (Å²) in [6, 6.07) is 17.2. The standard InChI is InChI=1S/C26H18Cl2FN3O3S/c1-15(33)17-7-9-18(10-8-17)30-24(34)14-36-26-31-22(13-16-6-11-19(27)20(28)12-16)25(35)32(26)23-5-3-2-4-21(23)29/h2-13H,14H2,1H3,(H,30,34). The van der Waals surface area contributed by atoms with Crippen LogP contribution < -0.4 is 10.2 Å². The van der Waals surface area contributed by atoms with Crippen LogP contribution in [-0.4, -0.2) is 28.5 Å². The van der Waals surface area contributed by atoms with E-state index in [9.17, 15) is 18.8 Å². The molecular formula is C26H18Cl2FN3O3S. The summed E-state index contributed by atoms with van der Waals surface area (Å²) in [5.41, 5.74) is 1.71. The molecule has 2 amide bonds. The summed E-state index contributed by atoms with van der Waals surface area (Å²) in [5, 5.41) is 3.56. The van der Waals surface area contributed by atoms with E-state index in [1.807, 2.05) is 0 Å². The Hall–Kier alpha value is -3.46. The summed E-state index contributed by atoms with van der Waals surface area (Å²) in [5.74, 6) is -1.68. The highest BCUT2D eigenvalue weighted by atomic mass is 35.5. The maximum Gasteiger partial charge on any atom is 0.283 e. The highest BCUT2D eigenvalue weighted by Crippen LogP contribution is 2.32. The molecule has 0 radical (unpaired) electrons. The molecule has 182 valence electrons. The van der Waals surface area contributed by atoms with E-state index in [1.165, 1.54) is 31.2 Å². The highest BCUT2D eigenvalue weighted by Gasteiger charge is 2.34. The lowest BCUT2D eigenvalue weighted by molar-refractivity contribution is -0.114. The van der Waals surface area contributed by atoms with Gasteiger partial charge in [-0.3, -0.25) is 19.3 Å². The smallest absolute Gasteiger partial charge is 0.283 e. The van der Waals surface area contributed by atoms with Gasteiger partial charge in [0.15, 0.2) is 11.0 Å². The zero-order valence-corrected chi connectivity index (χ0v) is 21.1. The number of hydrogen-bond acceptors (Lipinski definition) is 5. The molecule has 0 aromatic heterocycles. The molecule has 0 saturated heterocycles. The van der Waals surface area contributed by atoms with Gasteiger partial charge in [-0.15, -0.1) is 0 Å². The fraction of sp³-hybridized carbons (Fsp3) is 0.0769. The Morgan fingerprint density at radius 3 is 2.44 bits per heavy atom. The van der Waals surface area contributed by atoms with Crippen LogP contribution in [0.15, 0.2) is 77.4 Å². The number of amidine groups is 1. The van der Waals surface area contributed by atoms with Crippen LogP contribution in [0.2, 0.25) is 10.0 Å². The minimum absolute atomic E-state index is 0.0199. The summed E-state index contributed by atoms with van der Waals surface area (Å²) >= 11 is 13.0. The fourth-order valence-corrected chi connectivity index (χ4v) is 4.43. The Labute approximate surface area is 220 Å². The number of rotatable bonds is 6. The highest BCUT2D eigenvalue weighted by molar-refractivity contribution is 8.14. The van der Waals surface area contributed by atoms with Gasteiger partial charge in [-0.1, -0.05) is 53.2 Å². The second kappa shape index (κ2) is 11.1. The first kappa shape index (κ1) is 25.6. The minimum atomic E-state index is -0.607. The summed E-state index contributed by atoms with van der Waals surface area (Å²) in [4.78, 5) is 42.7. The first-order valence-corrected chi connectivity index (χ1v) is 12.3. The third-order valence-corrected chi connectivity index (χ3v) is 6.76. The monoisotopic (exact) mass is 541 g/mol. The number of thioether (sulfide) groups is 1. The van der Waals surface area contributed by atoms with Gasteiger partial charge < -0.3 is 5.32 Å². The third kappa shape index (κ3) is 5.84. The second-order valence-electron chi connectivity index (χ2n) is 7.66. The average Bonchev–Trinajstić information content (AvgIpc) is 3.15. The molecule has 1 N–H and O–H groups in total. The molecule has 0 unspecified atom stereocenters. The molecule has 36 heavy (non-hydrogen) atoms. The predicted octanol–water partition coefficient (Wildman–Crippen LogP) is 6.45. The van der Waals surface area contributed by atoms with Gasteiger partial charge in [-0.25, -0.2) is 9.38 Å². The van der Waals surface area contributed by atoms with Crippen molar-refractivity contribution in [2.75, 3.05) is 16.0 Å². The Balaban J connectivity index is 1.56. The number of benzene rings is 3. The first-order valence-electron chi connectivity index (χ1n) is 10.6. The lowest BCUT2D eigenvalue weighted by Gasteiger charge is -2.18. The molecule has 3 aromatic carbocycles. The zero-order valence-electron chi connectivity index (χ0n) is 18.8. The number of aliphatic imine (C=N–C) groups is 1. The van der Waals surface area contributed by atoms with Crippen molar-refractivity contribution in [3.05, 3.63) is 99.4 Å². The number of halogens is 3. The molecule has 0 aliphatic carbocycles. The molecule has 3 aromatic rings. The van der Waals surface area contributed by atoms with Crippen LogP contribution in [0.5, 0.6) is 0 Å². The van der Waals surface area contributed by atoms with Crippen LogP contribution in [0, 0.1) is 5.82 Å². The lowest BCUT2D eigenvalue weighted by atomic mass is 10.1. The molecule has 1 aliphatic rings. The van der Waals surface area contributed by atoms with E-state index in [-0.39, 0.29) is 34.0 Å². The van der Waals surface area contributed by atoms with E-state index in [0.717, 1.165) is 16.7 Å². The summed E-state index contributed by atoms with van der Waals surface area (Å²) < 4.78 is 14.6. The molecule has 0 fully saturated rings. The molecular weight excluding hydrogens is 524 g/mol. The molecule has 6 nitrogen and oxygen atoms in total. The van der Waals surface area contributed by atoms with Crippen LogP contribution in [0.3, 0.4) is 0 Å². The number of carbonyl (C=O) groups is 3. The number of carbonyl (C=O) groups excluding carboxylic acids is 3. The van der Waals surface area contributed by atoms with E-state index in [0.29, 0.717) is 26.9 Å². The summed E-state index contributed by atoms with van der Waals surface area (Å²) in [7, 11) is 0. The first-order chi connectivity index (χ1) is 17.2. The number of nitrogens with one attached hydrogen (secondary N) is 1. The van der Waals surface area contributed by atoms with Gasteiger partial charge in [0.25, 0.3) is 5.91 Å². The number of ketones is 1. The number of amides is 2. The van der Waals surface area contributed by atoms with Crippen molar-refractivity contribution >= 4 is 75.2 Å². The number of Topliss-reactive ketones (excluding diaryl/α,β-unsaturated/α-hetero) is 1. The van der Waals surface area contributed by atoms with Crippen molar-refractivity contribution in [3.8, 4) is 0 Å². The predicted molar refractivity (Wildman–Crippen MR) is 143 cm³/mol. The Kier molecular flexibility index (Phi) is 7.88. The van der Waals surface area contributed by atoms with Crippen LogP contribution in [0.1, 0.15) is 22.8 Å². The SMILES string of the molecule is CC(=O)c1ccc(NC(=O)CSC2=NC(=Cc3ccc(Cl)c(Cl)c3)C(=O)N2c2ccccc2F)cc1. The molecule has 0 atom stereocenters. The number of nitrogens with zero attached hydrogens (tertiary/aromatic N) is 2. The van der Waals surface area contributed by atoms with Gasteiger partial charge in [0.1, 0.15) is 11.5 Å². The fourth-order valence-electron chi connectivity index (χ4n) is 3.31. The molecule has 1 aliphatic heterocycles. The zero-order chi connectivity index (χ0) is 25.8. The molecule has 4 rings (SSSR count). The summed E-state index contributed by atoms with van der Waals surface area (Å²) in [6.07, 6.45) is 1.52. The van der Waals surface area contributed by atoms with Gasteiger partial charge >= 0.3 is 0 Å². The van der Waals surface area contributed by atoms with Crippen molar-refractivity contribution in [2.24, 2.45) is 4.99 Å². The Bertz CT molecular complexity index is 1420. The van der Waals surface area contributed by atoms with Crippen molar-refractivity contribution in [1.29, 1.82) is 0 Å². The Morgan fingerprint density at radius 1 is 1.06 bits per heavy atom. The third-order valence-electron chi connectivity index (χ3n) is 5.08. The lowest BCUT2D eigenvalue weighted by Crippen LogP contribution is -2.32. The van der Waals surface area contributed by atoms with Gasteiger partial charge in [0.05, 0.1) is 21.5 Å². The topological polar surface area (TPSA) is 78.8 Å². The van der Waals surface area contributed by atoms with Crippen LogP contribution in [-0.2, 0) is 9.59 Å². The van der Waals surface area contributed by atoms with Gasteiger partial charge in [-0.05, 0) is 67.1 Å². The van der Waals surface area contributed by atoms with E-state index < -0.39 is 11.7 Å². The largest absolute Gasteiger partial charge is 0.325 e. The molecule has 0 saturated carbocycles. The van der Waals surface area contributed by atoms with Gasteiger partial charge in [0.2, 0.25) is 5.91 Å². The number of anilines is 2. The van der Waals surface area contributed by atoms with Crippen LogP contribution in [0.4, 0.5) is 15.8 Å². The van der Waals surface area contributed by atoms with Gasteiger partial charge in [-0.2, -0.15) is 0 Å². The summed E-state index contributed by atoms with van der Waals surface area (Å²) in [6.45, 7) is 1.46. The number of hydrogen-bond donors (Lipinski definition) is 1. The number of para-hydroxylation sites is 1. The van der Waals surface area contributed by atoms with Crippen LogP contribution in [0.25, 0.3) is 6.08 Å². The molecule has 1 heterocycles. The van der Waals surface area contributed by atoms with E-state index >= 15 is 0 Å². The molecule has 10 heteroatoms. The minimum Gasteiger partial charge on any atom is -0.325 e. The van der Waals surface area contributed by atoms with Gasteiger partial charge in [0, 0.05) is 11.3 Å². The van der Waals surface area contributed by atoms with Crippen LogP contribution >= 0.6 is 35.0 Å². The second-order valence-corrected chi connectivity index (χ2v) is 9.42. The van der Waals surface area contributed by atoms with E-state index in [4.69, 9.17) is 23.2 Å². The maximum absolute atomic E-state index is 14.6. The van der Waals surface area contributed by atoms with Crippen molar-refractivity contribution in [3.63, 3.8) is 0 Å². The quantitative estimate of drug-likeness (QED) is 0.287.